The topological polar surface area (TPSA) is 220 Å². The van der Waals surface area contributed by atoms with Crippen molar-refractivity contribution in [1.82, 2.24) is 0 Å². The highest BCUT2D eigenvalue weighted by Gasteiger charge is 2.45. The molecule has 1 aliphatic heterocycles. The molecule has 0 bridgehead atoms. The van der Waals surface area contributed by atoms with Crippen LogP contribution in [0.4, 0.5) is 0 Å². The third-order valence-corrected chi connectivity index (χ3v) is 5.52. The molecule has 1 aliphatic rings. The van der Waals surface area contributed by atoms with Gasteiger partial charge in [-0.1, -0.05) is 0 Å². The molecule has 2 aromatic carbocycles. The fourth-order valence-corrected chi connectivity index (χ4v) is 3.79. The molecule has 5 atom stereocenters. The number of phenolic OH excluding ortho intramolecular Hbond substituents is 4. The maximum Gasteiger partial charge on any atom is 0.239 e. The first kappa shape index (κ1) is 24.4. The van der Waals surface area contributed by atoms with E-state index in [1.54, 1.807) is 0 Å². The predicted octanol–water partition coefficient (Wildman–Crippen LogP) is -0.530. The van der Waals surface area contributed by atoms with Gasteiger partial charge in [0.05, 0.1) is 13.7 Å². The van der Waals surface area contributed by atoms with E-state index in [-0.39, 0.29) is 16.9 Å². The summed E-state index contributed by atoms with van der Waals surface area (Å²) in [7, 11) is 1.20. The molecule has 35 heavy (non-hydrogen) atoms. The number of hydrogen-bond acceptors (Lipinski definition) is 13. The summed E-state index contributed by atoms with van der Waals surface area (Å²) in [6, 6.07) is 4.03. The van der Waals surface area contributed by atoms with Crippen LogP contribution in [-0.4, -0.2) is 85.3 Å². The molecule has 0 amide bonds. The Bertz CT molecular complexity index is 1290. The Kier molecular flexibility index (Phi) is 6.36. The summed E-state index contributed by atoms with van der Waals surface area (Å²) in [5, 5.41) is 79.8. The van der Waals surface area contributed by atoms with Gasteiger partial charge in [-0.05, 0) is 12.1 Å². The Labute approximate surface area is 195 Å². The third-order valence-electron chi connectivity index (χ3n) is 5.52. The van der Waals surface area contributed by atoms with Crippen molar-refractivity contribution in [1.29, 1.82) is 0 Å². The van der Waals surface area contributed by atoms with E-state index < -0.39 is 82.6 Å². The van der Waals surface area contributed by atoms with Gasteiger partial charge in [0, 0.05) is 17.7 Å². The van der Waals surface area contributed by atoms with Gasteiger partial charge in [0.15, 0.2) is 17.3 Å². The summed E-state index contributed by atoms with van der Waals surface area (Å²) in [6.45, 7) is -0.760. The van der Waals surface area contributed by atoms with Crippen molar-refractivity contribution in [3.63, 3.8) is 0 Å². The van der Waals surface area contributed by atoms with Crippen molar-refractivity contribution in [2.75, 3.05) is 13.7 Å². The van der Waals surface area contributed by atoms with Gasteiger partial charge in [0.2, 0.25) is 23.2 Å². The molecule has 0 spiro atoms. The Morgan fingerprint density at radius 3 is 2.14 bits per heavy atom. The molecule has 3 aromatic rings. The van der Waals surface area contributed by atoms with Crippen LogP contribution >= 0.6 is 0 Å². The first-order valence-electron chi connectivity index (χ1n) is 10.2. The second kappa shape index (κ2) is 9.13. The molecule has 1 saturated heterocycles. The summed E-state index contributed by atoms with van der Waals surface area (Å²) in [6.07, 6.45) is -8.55. The SMILES string of the molecule is COc1c(O)cc(-c2oc3cc(O)cc(O)c3c(=O)c2O[C@@H]2O[C@@H](CO)[C@H](O)[C@H](O)[C@H]2O)cc1O. The molecule has 13 nitrogen and oxygen atoms in total. The van der Waals surface area contributed by atoms with Crippen molar-refractivity contribution in [2.24, 2.45) is 0 Å². The summed E-state index contributed by atoms with van der Waals surface area (Å²) in [5.41, 5.74) is -1.42. The van der Waals surface area contributed by atoms with Crippen LogP contribution in [-0.2, 0) is 4.74 Å². The fraction of sp³-hybridized carbons (Fsp3) is 0.318. The van der Waals surface area contributed by atoms with Gasteiger partial charge in [-0.25, -0.2) is 0 Å². The first-order chi connectivity index (χ1) is 16.6. The molecule has 13 heteroatoms. The van der Waals surface area contributed by atoms with E-state index in [4.69, 9.17) is 18.6 Å². The van der Waals surface area contributed by atoms with Gasteiger partial charge in [-0.2, -0.15) is 0 Å². The Morgan fingerprint density at radius 1 is 0.886 bits per heavy atom. The lowest BCUT2D eigenvalue weighted by Gasteiger charge is -2.39. The number of methoxy groups -OCH3 is 1. The number of ether oxygens (including phenoxy) is 3. The van der Waals surface area contributed by atoms with Crippen LogP contribution in [0.5, 0.6) is 34.5 Å². The monoisotopic (exact) mass is 494 g/mol. The van der Waals surface area contributed by atoms with E-state index in [2.05, 4.69) is 0 Å². The van der Waals surface area contributed by atoms with Crippen LogP contribution in [0.2, 0.25) is 0 Å². The minimum absolute atomic E-state index is 0.123. The van der Waals surface area contributed by atoms with Gasteiger partial charge in [0.1, 0.15) is 46.9 Å². The van der Waals surface area contributed by atoms with Crippen molar-refractivity contribution in [2.45, 2.75) is 30.7 Å². The van der Waals surface area contributed by atoms with Crippen molar-refractivity contribution in [3.05, 3.63) is 34.5 Å². The van der Waals surface area contributed by atoms with Crippen LogP contribution in [0.3, 0.4) is 0 Å². The molecule has 4 rings (SSSR count). The van der Waals surface area contributed by atoms with E-state index in [0.717, 1.165) is 24.3 Å². The van der Waals surface area contributed by atoms with E-state index >= 15 is 0 Å². The molecular weight excluding hydrogens is 472 g/mol. The number of phenols is 4. The molecule has 1 aromatic heterocycles. The second-order valence-corrected chi connectivity index (χ2v) is 7.79. The highest BCUT2D eigenvalue weighted by atomic mass is 16.7. The van der Waals surface area contributed by atoms with Gasteiger partial charge >= 0.3 is 0 Å². The normalized spacial score (nSPS) is 24.4. The zero-order chi connectivity index (χ0) is 25.6. The summed E-state index contributed by atoms with van der Waals surface area (Å²) < 4.78 is 21.4. The lowest BCUT2D eigenvalue weighted by molar-refractivity contribution is -0.277. The van der Waals surface area contributed by atoms with Crippen LogP contribution in [0.25, 0.3) is 22.3 Å². The van der Waals surface area contributed by atoms with Gasteiger partial charge < -0.3 is 59.5 Å². The van der Waals surface area contributed by atoms with Crippen LogP contribution in [0.15, 0.2) is 33.5 Å². The maximum absolute atomic E-state index is 13.4. The number of fused-ring (bicyclic) bond motifs is 1. The maximum atomic E-state index is 13.4. The second-order valence-electron chi connectivity index (χ2n) is 7.79. The zero-order valence-corrected chi connectivity index (χ0v) is 18.0. The Balaban J connectivity index is 1.93. The number of benzene rings is 2. The smallest absolute Gasteiger partial charge is 0.239 e. The molecule has 0 aliphatic carbocycles. The molecule has 0 radical (unpaired) electrons. The van der Waals surface area contributed by atoms with E-state index in [9.17, 15) is 45.6 Å². The molecule has 2 heterocycles. The molecule has 0 unspecified atom stereocenters. The van der Waals surface area contributed by atoms with Gasteiger partial charge in [-0.3, -0.25) is 4.79 Å². The quantitative estimate of drug-likeness (QED) is 0.224. The Morgan fingerprint density at radius 2 is 1.54 bits per heavy atom. The predicted molar refractivity (Wildman–Crippen MR) is 116 cm³/mol. The lowest BCUT2D eigenvalue weighted by Crippen LogP contribution is -2.60. The summed E-state index contributed by atoms with van der Waals surface area (Å²) in [4.78, 5) is 13.4. The standard InChI is InChI=1S/C22H22O13/c1-32-20-10(26)2-7(3-11(20)27)19-21(16(29)14-9(25)4-8(24)5-12(14)33-19)35-22-18(31)17(30)15(28)13(6-23)34-22/h2-5,13,15,17-18,22-28,30-31H,6H2,1H3/t13-,15-,17-,18+,22-/m0/s1. The number of aliphatic hydroxyl groups is 4. The molecule has 188 valence electrons. The van der Waals surface area contributed by atoms with Crippen LogP contribution in [0.1, 0.15) is 0 Å². The van der Waals surface area contributed by atoms with Crippen LogP contribution in [0, 0.1) is 0 Å². The molecular formula is C22H22O13. The van der Waals surface area contributed by atoms with Crippen LogP contribution < -0.4 is 14.9 Å². The number of aromatic hydroxyl groups is 4. The highest BCUT2D eigenvalue weighted by molar-refractivity contribution is 5.88. The van der Waals surface area contributed by atoms with Crippen molar-refractivity contribution < 1.29 is 59.5 Å². The number of rotatable bonds is 5. The average Bonchev–Trinajstić information content (AvgIpc) is 2.80. The Hall–Kier alpha value is -3.75. The molecule has 8 N–H and O–H groups in total. The first-order valence-corrected chi connectivity index (χ1v) is 10.2. The number of aliphatic hydroxyl groups excluding tert-OH is 4. The van der Waals surface area contributed by atoms with E-state index in [1.807, 2.05) is 0 Å². The summed E-state index contributed by atoms with van der Waals surface area (Å²) in [5.74, 6) is -3.58. The minimum Gasteiger partial charge on any atom is -0.508 e. The fourth-order valence-electron chi connectivity index (χ4n) is 3.79. The third kappa shape index (κ3) is 4.15. The van der Waals surface area contributed by atoms with Gasteiger partial charge in [-0.15, -0.1) is 0 Å². The minimum atomic E-state index is -1.89. The highest BCUT2D eigenvalue weighted by Crippen LogP contribution is 2.43. The average molecular weight is 494 g/mol. The zero-order valence-electron chi connectivity index (χ0n) is 18.0. The molecule has 1 fully saturated rings. The van der Waals surface area contributed by atoms with Gasteiger partial charge in [0.25, 0.3) is 0 Å². The van der Waals surface area contributed by atoms with Crippen molar-refractivity contribution in [3.8, 4) is 45.8 Å². The van der Waals surface area contributed by atoms with E-state index in [0.29, 0.717) is 0 Å². The largest absolute Gasteiger partial charge is 0.508 e. The van der Waals surface area contributed by atoms with E-state index in [1.165, 1.54) is 7.11 Å². The lowest BCUT2D eigenvalue weighted by atomic mass is 9.99. The summed E-state index contributed by atoms with van der Waals surface area (Å²) >= 11 is 0. The van der Waals surface area contributed by atoms with Crippen molar-refractivity contribution >= 4 is 11.0 Å². The molecule has 0 saturated carbocycles. The number of hydrogen-bond donors (Lipinski definition) is 8.